The van der Waals surface area contributed by atoms with Gasteiger partial charge in [0.1, 0.15) is 6.04 Å². The highest BCUT2D eigenvalue weighted by atomic mass is 16.3. The molecular weight excluding hydrogens is 374 g/mol. The van der Waals surface area contributed by atoms with Crippen molar-refractivity contribution < 1.29 is 19.5 Å². The quantitative estimate of drug-likeness (QED) is 0.446. The van der Waals surface area contributed by atoms with E-state index in [1.54, 1.807) is 12.1 Å². The Hall–Kier alpha value is -2.49. The van der Waals surface area contributed by atoms with E-state index < -0.39 is 6.04 Å². The van der Waals surface area contributed by atoms with Gasteiger partial charge in [-0.25, -0.2) is 0 Å². The van der Waals surface area contributed by atoms with E-state index in [4.69, 9.17) is 5.11 Å². The van der Waals surface area contributed by atoms with Crippen molar-refractivity contribution in [3.63, 3.8) is 0 Å². The van der Waals surface area contributed by atoms with Gasteiger partial charge in [0, 0.05) is 57.1 Å². The van der Waals surface area contributed by atoms with Gasteiger partial charge in [0.15, 0.2) is 0 Å². The molecule has 3 amide bonds. The van der Waals surface area contributed by atoms with Crippen LogP contribution in [0.15, 0.2) is 24.3 Å². The maximum atomic E-state index is 12.4. The summed E-state index contributed by atoms with van der Waals surface area (Å²) in [6.45, 7) is 4.89. The van der Waals surface area contributed by atoms with Gasteiger partial charge >= 0.3 is 0 Å². The number of aliphatic hydroxyl groups excluding tert-OH is 1. The number of carbonyl (C=O) groups excluding carboxylic acids is 3. The van der Waals surface area contributed by atoms with Crippen molar-refractivity contribution in [2.75, 3.05) is 56.5 Å². The predicted octanol–water partition coefficient (Wildman–Crippen LogP) is -0.158. The van der Waals surface area contributed by atoms with E-state index in [1.807, 2.05) is 12.1 Å². The number of anilines is 2. The second-order valence-corrected chi connectivity index (χ2v) is 7.47. The lowest BCUT2D eigenvalue weighted by atomic mass is 10.1. The Kier molecular flexibility index (Phi) is 7.56. The van der Waals surface area contributed by atoms with Crippen LogP contribution in [0.1, 0.15) is 19.3 Å². The first-order valence-corrected chi connectivity index (χ1v) is 10.1. The molecule has 2 saturated heterocycles. The van der Waals surface area contributed by atoms with Gasteiger partial charge < -0.3 is 20.6 Å². The van der Waals surface area contributed by atoms with Crippen LogP contribution >= 0.6 is 0 Å². The molecule has 0 aliphatic carbocycles. The fourth-order valence-electron chi connectivity index (χ4n) is 3.59. The zero-order valence-corrected chi connectivity index (χ0v) is 16.5. The molecule has 0 bridgehead atoms. The summed E-state index contributed by atoms with van der Waals surface area (Å²) in [6, 6.07) is 6.77. The number of amides is 3. The Labute approximate surface area is 170 Å². The Morgan fingerprint density at radius 1 is 1.14 bits per heavy atom. The summed E-state index contributed by atoms with van der Waals surface area (Å²) in [6.07, 6.45) is 1.54. The van der Waals surface area contributed by atoms with Gasteiger partial charge in [-0.15, -0.1) is 0 Å². The standard InChI is InChI=1S/C20H29N5O4/c26-12-2-7-24-8-10-25(11-9-24)14-19(28)22-16-4-1-3-15(13-16)21-17-5-6-18(27)23-20(17)29/h1,3-4,13,17,21,26H,2,5-12,14H2,(H,22,28)(H,23,27,29). The molecule has 2 fully saturated rings. The van der Waals surface area contributed by atoms with Crippen molar-refractivity contribution in [2.45, 2.75) is 25.3 Å². The van der Waals surface area contributed by atoms with Crippen LogP contribution in [0, 0.1) is 0 Å². The largest absolute Gasteiger partial charge is 0.396 e. The molecule has 0 spiro atoms. The molecular formula is C20H29N5O4. The van der Waals surface area contributed by atoms with Crippen LogP contribution in [-0.4, -0.2) is 84.5 Å². The third kappa shape index (κ3) is 6.52. The fraction of sp³-hybridized carbons (Fsp3) is 0.550. The van der Waals surface area contributed by atoms with Gasteiger partial charge in [-0.3, -0.25) is 24.6 Å². The van der Waals surface area contributed by atoms with Crippen LogP contribution in [0.2, 0.25) is 0 Å². The highest BCUT2D eigenvalue weighted by molar-refractivity contribution is 6.01. The third-order valence-corrected chi connectivity index (χ3v) is 5.19. The molecule has 0 saturated carbocycles. The van der Waals surface area contributed by atoms with E-state index >= 15 is 0 Å². The first kappa shape index (κ1) is 21.2. The molecule has 2 aliphatic heterocycles. The summed E-state index contributed by atoms with van der Waals surface area (Å²) in [4.78, 5) is 40.0. The molecule has 9 nitrogen and oxygen atoms in total. The number of nitrogens with zero attached hydrogens (tertiary/aromatic N) is 2. The minimum atomic E-state index is -0.458. The van der Waals surface area contributed by atoms with Crippen LogP contribution in [0.5, 0.6) is 0 Å². The van der Waals surface area contributed by atoms with Crippen LogP contribution in [0.3, 0.4) is 0 Å². The van der Waals surface area contributed by atoms with Crippen LogP contribution in [0.4, 0.5) is 11.4 Å². The third-order valence-electron chi connectivity index (χ3n) is 5.19. The van der Waals surface area contributed by atoms with Crippen molar-refractivity contribution >= 4 is 29.1 Å². The Balaban J connectivity index is 1.45. The van der Waals surface area contributed by atoms with Crippen molar-refractivity contribution in [3.8, 4) is 0 Å². The molecule has 0 aromatic heterocycles. The Bertz CT molecular complexity index is 733. The van der Waals surface area contributed by atoms with E-state index in [1.165, 1.54) is 0 Å². The van der Waals surface area contributed by atoms with Gasteiger partial charge in [0.05, 0.1) is 6.54 Å². The first-order valence-electron chi connectivity index (χ1n) is 10.1. The highest BCUT2D eigenvalue weighted by Gasteiger charge is 2.26. The SMILES string of the molecule is O=C1CCC(Nc2cccc(NC(=O)CN3CCN(CCCO)CC3)c2)C(=O)N1. The van der Waals surface area contributed by atoms with Gasteiger partial charge in [-0.05, 0) is 31.0 Å². The zero-order chi connectivity index (χ0) is 20.6. The second-order valence-electron chi connectivity index (χ2n) is 7.47. The fourth-order valence-corrected chi connectivity index (χ4v) is 3.59. The molecule has 3 rings (SSSR count). The molecule has 29 heavy (non-hydrogen) atoms. The lowest BCUT2D eigenvalue weighted by Crippen LogP contribution is -2.48. The smallest absolute Gasteiger partial charge is 0.249 e. The summed E-state index contributed by atoms with van der Waals surface area (Å²) in [5.41, 5.74) is 1.38. The summed E-state index contributed by atoms with van der Waals surface area (Å²) >= 11 is 0. The van der Waals surface area contributed by atoms with Gasteiger partial charge in [-0.1, -0.05) is 6.07 Å². The normalized spacial score (nSPS) is 20.9. The number of imide groups is 1. The lowest BCUT2D eigenvalue weighted by Gasteiger charge is -2.34. The van der Waals surface area contributed by atoms with E-state index in [2.05, 4.69) is 25.8 Å². The molecule has 2 aliphatic rings. The molecule has 4 N–H and O–H groups in total. The minimum absolute atomic E-state index is 0.0769. The number of aliphatic hydroxyl groups is 1. The van der Waals surface area contributed by atoms with Crippen molar-refractivity contribution in [3.05, 3.63) is 24.3 Å². The maximum absolute atomic E-state index is 12.4. The molecule has 1 atom stereocenters. The monoisotopic (exact) mass is 403 g/mol. The molecule has 1 unspecified atom stereocenters. The number of piperidine rings is 1. The minimum Gasteiger partial charge on any atom is -0.396 e. The maximum Gasteiger partial charge on any atom is 0.249 e. The van der Waals surface area contributed by atoms with Gasteiger partial charge in [0.25, 0.3) is 0 Å². The number of piperazine rings is 1. The Morgan fingerprint density at radius 2 is 1.86 bits per heavy atom. The van der Waals surface area contributed by atoms with E-state index in [-0.39, 0.29) is 24.3 Å². The average Bonchev–Trinajstić information content (AvgIpc) is 2.70. The summed E-state index contributed by atoms with van der Waals surface area (Å²) in [5, 5.41) is 17.3. The average molecular weight is 403 g/mol. The Morgan fingerprint density at radius 3 is 2.59 bits per heavy atom. The summed E-state index contributed by atoms with van der Waals surface area (Å²) in [7, 11) is 0. The second kappa shape index (κ2) is 10.3. The highest BCUT2D eigenvalue weighted by Crippen LogP contribution is 2.18. The van der Waals surface area contributed by atoms with E-state index in [0.29, 0.717) is 25.1 Å². The predicted molar refractivity (Wildman–Crippen MR) is 109 cm³/mol. The lowest BCUT2D eigenvalue weighted by molar-refractivity contribution is -0.133. The van der Waals surface area contributed by atoms with Gasteiger partial charge in [-0.2, -0.15) is 0 Å². The van der Waals surface area contributed by atoms with Crippen molar-refractivity contribution in [1.29, 1.82) is 0 Å². The first-order chi connectivity index (χ1) is 14.0. The molecule has 2 heterocycles. The number of nitrogens with one attached hydrogen (secondary N) is 3. The van der Waals surface area contributed by atoms with E-state index in [0.717, 1.165) is 44.8 Å². The van der Waals surface area contributed by atoms with Crippen molar-refractivity contribution in [2.24, 2.45) is 0 Å². The molecule has 0 radical (unpaired) electrons. The number of benzene rings is 1. The topological polar surface area (TPSA) is 114 Å². The van der Waals surface area contributed by atoms with Crippen LogP contribution in [-0.2, 0) is 14.4 Å². The zero-order valence-electron chi connectivity index (χ0n) is 16.5. The molecule has 9 heteroatoms. The number of carbonyl (C=O) groups is 3. The van der Waals surface area contributed by atoms with Crippen LogP contribution in [0.25, 0.3) is 0 Å². The van der Waals surface area contributed by atoms with Crippen LogP contribution < -0.4 is 16.0 Å². The number of rotatable bonds is 8. The molecule has 1 aromatic rings. The van der Waals surface area contributed by atoms with Gasteiger partial charge in [0.2, 0.25) is 17.7 Å². The number of hydrogen-bond acceptors (Lipinski definition) is 7. The molecule has 1 aromatic carbocycles. The summed E-state index contributed by atoms with van der Waals surface area (Å²) in [5.74, 6) is -0.649. The number of hydrogen-bond donors (Lipinski definition) is 4. The van der Waals surface area contributed by atoms with E-state index in [9.17, 15) is 14.4 Å². The summed E-state index contributed by atoms with van der Waals surface area (Å²) < 4.78 is 0. The van der Waals surface area contributed by atoms with Crippen molar-refractivity contribution in [1.82, 2.24) is 15.1 Å². The molecule has 158 valence electrons.